The van der Waals surface area contributed by atoms with E-state index in [4.69, 9.17) is 0 Å². The van der Waals surface area contributed by atoms with Crippen LogP contribution < -0.4 is 0 Å². The van der Waals surface area contributed by atoms with Gasteiger partial charge in [0.1, 0.15) is 6.07 Å². The predicted molar refractivity (Wildman–Crippen MR) is 108 cm³/mol. The molecule has 0 fully saturated rings. The maximum Gasteiger partial charge on any atom is 0.100 e. The number of aliphatic hydroxyl groups excluding tert-OH is 2. The van der Waals surface area contributed by atoms with Gasteiger partial charge in [0.15, 0.2) is 0 Å². The molecule has 0 aliphatic rings. The minimum atomic E-state index is -0.308. The number of aliphatic hydroxyl groups is 2. The average Bonchev–Trinajstić information content (AvgIpc) is 2.72. The molecule has 0 atom stereocenters. The Hall–Kier alpha value is -2.49. The van der Waals surface area contributed by atoms with E-state index >= 15 is 0 Å². The Kier molecular flexibility index (Phi) is 6.04. The summed E-state index contributed by atoms with van der Waals surface area (Å²) in [6.07, 6.45) is -0.308. The first-order valence-electron chi connectivity index (χ1n) is 9.24. The first-order valence-corrected chi connectivity index (χ1v) is 9.24. The van der Waals surface area contributed by atoms with Crippen LogP contribution in [-0.2, 0) is 0 Å². The molecule has 0 amide bonds. The third-order valence-electron chi connectivity index (χ3n) is 5.21. The number of hydrogen-bond donors (Lipinski definition) is 2. The van der Waals surface area contributed by atoms with Crippen LogP contribution in [0.1, 0.15) is 31.1 Å². The topological polar surface area (TPSA) is 70.7 Å². The second kappa shape index (κ2) is 8.47. The van der Waals surface area contributed by atoms with Gasteiger partial charge in [0.2, 0.25) is 0 Å². The quantitative estimate of drug-likeness (QED) is 0.497. The monoisotopic (exact) mass is 363 g/mol. The van der Waals surface area contributed by atoms with Crippen LogP contribution in [-0.4, -0.2) is 46.6 Å². The van der Waals surface area contributed by atoms with E-state index in [9.17, 15) is 15.5 Å². The lowest BCUT2D eigenvalue weighted by atomic mass is 9.90. The van der Waals surface area contributed by atoms with Crippen molar-refractivity contribution in [3.63, 3.8) is 0 Å². The molecule has 140 valence electrons. The Morgan fingerprint density at radius 3 is 1.56 bits per heavy atom. The van der Waals surface area contributed by atoms with Crippen molar-refractivity contribution < 1.29 is 10.2 Å². The highest BCUT2D eigenvalue weighted by molar-refractivity contribution is 6.07. The van der Waals surface area contributed by atoms with Gasteiger partial charge in [-0.05, 0) is 29.4 Å². The zero-order valence-electron chi connectivity index (χ0n) is 15.8. The Morgan fingerprint density at radius 2 is 1.22 bits per heavy atom. The standard InChI is InChI=1S/C22H25N3O2/c1-3-24(14-26)22(25(4-2)15-27)21-18-11-7-5-9-16(18)20(13-23)17-10-6-8-12-19(17)21/h5-12,22,26-27H,3-4,14-15H2,1-2H3. The molecule has 3 rings (SSSR count). The van der Waals surface area contributed by atoms with Crippen molar-refractivity contribution in [2.75, 3.05) is 26.6 Å². The summed E-state index contributed by atoms with van der Waals surface area (Å²) >= 11 is 0. The molecule has 5 heteroatoms. The fourth-order valence-corrected chi connectivity index (χ4v) is 3.86. The Balaban J connectivity index is 2.48. The van der Waals surface area contributed by atoms with Crippen LogP contribution >= 0.6 is 0 Å². The molecule has 2 N–H and O–H groups in total. The van der Waals surface area contributed by atoms with Crippen molar-refractivity contribution in [3.05, 3.63) is 59.7 Å². The van der Waals surface area contributed by atoms with Crippen molar-refractivity contribution >= 4 is 21.5 Å². The van der Waals surface area contributed by atoms with E-state index in [0.29, 0.717) is 18.7 Å². The Bertz CT molecular complexity index is 903. The van der Waals surface area contributed by atoms with Gasteiger partial charge in [0, 0.05) is 10.8 Å². The minimum Gasteiger partial charge on any atom is -0.381 e. The molecule has 0 saturated carbocycles. The molecule has 0 radical (unpaired) electrons. The summed E-state index contributed by atoms with van der Waals surface area (Å²) in [5.74, 6) is 0. The summed E-state index contributed by atoms with van der Waals surface area (Å²) in [7, 11) is 0. The minimum absolute atomic E-state index is 0.125. The molecule has 0 bridgehead atoms. The van der Waals surface area contributed by atoms with Crippen molar-refractivity contribution in [2.24, 2.45) is 0 Å². The van der Waals surface area contributed by atoms with E-state index in [1.165, 1.54) is 0 Å². The normalized spacial score (nSPS) is 11.8. The highest BCUT2D eigenvalue weighted by Gasteiger charge is 2.29. The number of fused-ring (bicyclic) bond motifs is 2. The molecule has 0 spiro atoms. The van der Waals surface area contributed by atoms with Gasteiger partial charge in [-0.1, -0.05) is 62.4 Å². The maximum absolute atomic E-state index is 10.0. The zero-order valence-corrected chi connectivity index (χ0v) is 15.8. The zero-order chi connectivity index (χ0) is 19.4. The molecule has 3 aromatic carbocycles. The molecule has 0 aliphatic carbocycles. The van der Waals surface area contributed by atoms with Gasteiger partial charge in [0.25, 0.3) is 0 Å². The molecule has 0 unspecified atom stereocenters. The molecular formula is C22H25N3O2. The van der Waals surface area contributed by atoms with Crippen LogP contribution in [0.15, 0.2) is 48.5 Å². The summed E-state index contributed by atoms with van der Waals surface area (Å²) in [6, 6.07) is 18.1. The van der Waals surface area contributed by atoms with Crippen LogP contribution in [0.25, 0.3) is 21.5 Å². The molecular weight excluding hydrogens is 338 g/mol. The SMILES string of the molecule is CCN(CO)C(c1c2ccccc2c(C#N)c2ccccc12)N(CC)CO. The summed E-state index contributed by atoms with van der Waals surface area (Å²) in [5.41, 5.74) is 1.66. The van der Waals surface area contributed by atoms with E-state index in [-0.39, 0.29) is 19.6 Å². The number of rotatable bonds is 7. The van der Waals surface area contributed by atoms with Crippen LogP contribution in [0.4, 0.5) is 0 Å². The lowest BCUT2D eigenvalue weighted by Crippen LogP contribution is -2.42. The number of hydrogen-bond acceptors (Lipinski definition) is 5. The fourth-order valence-electron chi connectivity index (χ4n) is 3.86. The van der Waals surface area contributed by atoms with Gasteiger partial charge in [0.05, 0.1) is 25.2 Å². The Labute approximate surface area is 159 Å². The van der Waals surface area contributed by atoms with E-state index in [2.05, 4.69) is 6.07 Å². The van der Waals surface area contributed by atoms with Crippen LogP contribution in [0.3, 0.4) is 0 Å². The van der Waals surface area contributed by atoms with Crippen LogP contribution in [0.2, 0.25) is 0 Å². The molecule has 0 heterocycles. The summed E-state index contributed by atoms with van der Waals surface area (Å²) < 4.78 is 0. The van der Waals surface area contributed by atoms with Gasteiger partial charge in [-0.15, -0.1) is 0 Å². The molecule has 0 aliphatic heterocycles. The van der Waals surface area contributed by atoms with Gasteiger partial charge >= 0.3 is 0 Å². The predicted octanol–water partition coefficient (Wildman–Crippen LogP) is 3.41. The van der Waals surface area contributed by atoms with Crippen LogP contribution in [0, 0.1) is 11.3 Å². The summed E-state index contributed by atoms with van der Waals surface area (Å²) in [4.78, 5) is 3.83. The number of benzene rings is 3. The van der Waals surface area contributed by atoms with Gasteiger partial charge < -0.3 is 10.2 Å². The highest BCUT2D eigenvalue weighted by Crippen LogP contribution is 2.39. The van der Waals surface area contributed by atoms with E-state index in [1.54, 1.807) is 0 Å². The first-order chi connectivity index (χ1) is 13.2. The molecule has 27 heavy (non-hydrogen) atoms. The average molecular weight is 363 g/mol. The van der Waals surface area contributed by atoms with Gasteiger partial charge in [-0.3, -0.25) is 9.80 Å². The fraction of sp³-hybridized carbons (Fsp3) is 0.318. The molecule has 0 aromatic heterocycles. The van der Waals surface area contributed by atoms with Crippen molar-refractivity contribution in [1.29, 1.82) is 5.26 Å². The van der Waals surface area contributed by atoms with Gasteiger partial charge in [-0.2, -0.15) is 5.26 Å². The lowest BCUT2D eigenvalue weighted by molar-refractivity contribution is -0.0447. The van der Waals surface area contributed by atoms with E-state index in [0.717, 1.165) is 27.1 Å². The lowest BCUT2D eigenvalue weighted by Gasteiger charge is -2.38. The summed E-state index contributed by atoms with van der Waals surface area (Å²) in [5, 5.41) is 33.6. The number of nitriles is 1. The molecule has 5 nitrogen and oxygen atoms in total. The molecule has 0 saturated heterocycles. The second-order valence-corrected chi connectivity index (χ2v) is 6.46. The summed E-state index contributed by atoms with van der Waals surface area (Å²) in [6.45, 7) is 4.98. The van der Waals surface area contributed by atoms with Crippen molar-refractivity contribution in [1.82, 2.24) is 9.80 Å². The maximum atomic E-state index is 10.0. The van der Waals surface area contributed by atoms with Crippen LogP contribution in [0.5, 0.6) is 0 Å². The third-order valence-corrected chi connectivity index (χ3v) is 5.21. The molecule has 3 aromatic rings. The Morgan fingerprint density at radius 1 is 0.815 bits per heavy atom. The highest BCUT2D eigenvalue weighted by atomic mass is 16.3. The van der Waals surface area contributed by atoms with E-state index in [1.807, 2.05) is 72.2 Å². The second-order valence-electron chi connectivity index (χ2n) is 6.46. The number of nitrogens with zero attached hydrogens (tertiary/aromatic N) is 3. The van der Waals surface area contributed by atoms with Gasteiger partial charge in [-0.25, -0.2) is 0 Å². The van der Waals surface area contributed by atoms with Crippen molar-refractivity contribution in [3.8, 4) is 6.07 Å². The van der Waals surface area contributed by atoms with E-state index < -0.39 is 0 Å². The van der Waals surface area contributed by atoms with Crippen molar-refractivity contribution in [2.45, 2.75) is 20.0 Å². The smallest absolute Gasteiger partial charge is 0.100 e. The first kappa shape index (κ1) is 19.3. The largest absolute Gasteiger partial charge is 0.381 e. The third kappa shape index (κ3) is 3.29.